The van der Waals surface area contributed by atoms with Crippen LogP contribution in [-0.2, 0) is 6.54 Å². The monoisotopic (exact) mass is 234 g/mol. The summed E-state index contributed by atoms with van der Waals surface area (Å²) in [7, 11) is 1.99. The molecule has 0 unspecified atom stereocenters. The zero-order chi connectivity index (χ0) is 11.1. The standard InChI is InChI=1S/C11H11ClN4/c1-15-10-4-5-13-7-9(10)14-6-8-2-3-11(12)16(8)15/h2-5,7,14H,6H2,1H3. The zero-order valence-electron chi connectivity index (χ0n) is 8.81. The number of aromatic nitrogens is 2. The zero-order valence-corrected chi connectivity index (χ0v) is 9.57. The van der Waals surface area contributed by atoms with Gasteiger partial charge in [-0.1, -0.05) is 11.6 Å². The van der Waals surface area contributed by atoms with Crippen LogP contribution in [0.1, 0.15) is 5.69 Å². The van der Waals surface area contributed by atoms with E-state index in [1.165, 1.54) is 0 Å². The van der Waals surface area contributed by atoms with E-state index in [2.05, 4.69) is 10.3 Å². The van der Waals surface area contributed by atoms with E-state index < -0.39 is 0 Å². The van der Waals surface area contributed by atoms with Crippen LogP contribution in [0.3, 0.4) is 0 Å². The Hall–Kier alpha value is -1.68. The molecule has 1 N–H and O–H groups in total. The molecular weight excluding hydrogens is 224 g/mol. The van der Waals surface area contributed by atoms with Crippen molar-refractivity contribution in [2.24, 2.45) is 0 Å². The van der Waals surface area contributed by atoms with Gasteiger partial charge >= 0.3 is 0 Å². The van der Waals surface area contributed by atoms with Crippen LogP contribution in [0.25, 0.3) is 0 Å². The number of fused-ring (bicyclic) bond motifs is 2. The molecule has 1 aliphatic heterocycles. The minimum atomic E-state index is 0.712. The number of hydrogen-bond acceptors (Lipinski definition) is 3. The maximum Gasteiger partial charge on any atom is 0.129 e. The Bertz CT molecular complexity index is 535. The Morgan fingerprint density at radius 3 is 3.12 bits per heavy atom. The lowest BCUT2D eigenvalue weighted by molar-refractivity contribution is 0.749. The third-order valence-corrected chi connectivity index (χ3v) is 3.08. The summed E-state index contributed by atoms with van der Waals surface area (Å²) in [6, 6.07) is 5.89. The molecule has 5 heteroatoms. The van der Waals surface area contributed by atoms with Gasteiger partial charge in [0, 0.05) is 13.2 Å². The summed E-state index contributed by atoms with van der Waals surface area (Å²) < 4.78 is 1.99. The van der Waals surface area contributed by atoms with Crippen molar-refractivity contribution in [2.75, 3.05) is 17.4 Å². The average Bonchev–Trinajstić information content (AvgIpc) is 2.60. The Kier molecular flexibility index (Phi) is 2.04. The lowest BCUT2D eigenvalue weighted by Crippen LogP contribution is -2.25. The van der Waals surface area contributed by atoms with E-state index in [1.807, 2.05) is 41.1 Å². The molecule has 0 saturated heterocycles. The van der Waals surface area contributed by atoms with Gasteiger partial charge < -0.3 is 5.32 Å². The van der Waals surface area contributed by atoms with E-state index in [0.29, 0.717) is 5.15 Å². The van der Waals surface area contributed by atoms with Crippen molar-refractivity contribution in [1.82, 2.24) is 9.66 Å². The summed E-state index contributed by atoms with van der Waals surface area (Å²) in [6.07, 6.45) is 3.60. The maximum atomic E-state index is 6.17. The molecule has 0 aliphatic carbocycles. The molecule has 0 atom stereocenters. The van der Waals surface area contributed by atoms with Crippen molar-refractivity contribution < 1.29 is 0 Å². The average molecular weight is 235 g/mol. The van der Waals surface area contributed by atoms with E-state index in [0.717, 1.165) is 23.6 Å². The molecule has 0 aromatic carbocycles. The summed E-state index contributed by atoms with van der Waals surface area (Å²) >= 11 is 6.17. The van der Waals surface area contributed by atoms with Crippen LogP contribution >= 0.6 is 11.6 Å². The molecular formula is C11H11ClN4. The van der Waals surface area contributed by atoms with Crippen LogP contribution < -0.4 is 10.3 Å². The minimum Gasteiger partial charge on any atom is -0.376 e. The normalized spacial score (nSPS) is 13.8. The van der Waals surface area contributed by atoms with Crippen molar-refractivity contribution in [1.29, 1.82) is 0 Å². The molecule has 2 aromatic rings. The molecule has 0 saturated carbocycles. The van der Waals surface area contributed by atoms with Crippen molar-refractivity contribution in [3.63, 3.8) is 0 Å². The fourth-order valence-corrected chi connectivity index (χ4v) is 2.30. The number of hydrogen-bond donors (Lipinski definition) is 1. The molecule has 1 aliphatic rings. The van der Waals surface area contributed by atoms with Crippen LogP contribution in [0.2, 0.25) is 5.15 Å². The molecule has 0 radical (unpaired) electrons. The van der Waals surface area contributed by atoms with Gasteiger partial charge in [-0.3, -0.25) is 9.99 Å². The highest BCUT2D eigenvalue weighted by Crippen LogP contribution is 2.30. The van der Waals surface area contributed by atoms with Crippen LogP contribution in [0.5, 0.6) is 0 Å². The van der Waals surface area contributed by atoms with E-state index in [9.17, 15) is 0 Å². The van der Waals surface area contributed by atoms with E-state index in [1.54, 1.807) is 6.20 Å². The van der Waals surface area contributed by atoms with Gasteiger partial charge in [0.05, 0.1) is 29.8 Å². The number of pyridine rings is 1. The second-order valence-electron chi connectivity index (χ2n) is 3.73. The topological polar surface area (TPSA) is 33.1 Å². The second kappa shape index (κ2) is 3.42. The molecule has 2 aromatic heterocycles. The number of anilines is 2. The number of rotatable bonds is 0. The van der Waals surface area contributed by atoms with E-state index in [-0.39, 0.29) is 0 Å². The van der Waals surface area contributed by atoms with Gasteiger partial charge in [0.15, 0.2) is 0 Å². The smallest absolute Gasteiger partial charge is 0.129 e. The Morgan fingerprint density at radius 2 is 2.25 bits per heavy atom. The summed E-state index contributed by atoms with van der Waals surface area (Å²) in [6.45, 7) is 0.746. The fourth-order valence-electron chi connectivity index (χ4n) is 2.01. The molecule has 0 amide bonds. The first-order valence-corrected chi connectivity index (χ1v) is 5.43. The van der Waals surface area contributed by atoms with Crippen molar-refractivity contribution in [3.8, 4) is 0 Å². The number of nitrogens with zero attached hydrogens (tertiary/aromatic N) is 3. The third kappa shape index (κ3) is 1.27. The molecule has 3 rings (SSSR count). The molecule has 16 heavy (non-hydrogen) atoms. The molecule has 0 fully saturated rings. The SMILES string of the molecule is CN1c2ccncc2NCc2ccc(Cl)n21. The van der Waals surface area contributed by atoms with Gasteiger partial charge in [0.25, 0.3) is 0 Å². The maximum absolute atomic E-state index is 6.17. The van der Waals surface area contributed by atoms with Gasteiger partial charge in [0.2, 0.25) is 0 Å². The first-order chi connectivity index (χ1) is 7.77. The van der Waals surface area contributed by atoms with Crippen molar-refractivity contribution in [3.05, 3.63) is 41.4 Å². The summed E-state index contributed by atoms with van der Waals surface area (Å²) in [5.74, 6) is 0. The van der Waals surface area contributed by atoms with Gasteiger partial charge in [0.1, 0.15) is 5.15 Å². The molecule has 0 spiro atoms. The first-order valence-electron chi connectivity index (χ1n) is 5.05. The minimum absolute atomic E-state index is 0.712. The third-order valence-electron chi connectivity index (χ3n) is 2.79. The quantitative estimate of drug-likeness (QED) is 0.760. The van der Waals surface area contributed by atoms with Gasteiger partial charge in [-0.05, 0) is 18.2 Å². The van der Waals surface area contributed by atoms with Crippen LogP contribution in [0, 0.1) is 0 Å². The molecule has 4 nitrogen and oxygen atoms in total. The highest BCUT2D eigenvalue weighted by atomic mass is 35.5. The van der Waals surface area contributed by atoms with Crippen LogP contribution in [0.15, 0.2) is 30.6 Å². The van der Waals surface area contributed by atoms with E-state index in [4.69, 9.17) is 11.6 Å². The summed E-state index contributed by atoms with van der Waals surface area (Å²) in [5, 5.41) is 6.08. The van der Waals surface area contributed by atoms with Crippen molar-refractivity contribution in [2.45, 2.75) is 6.54 Å². The number of halogens is 1. The predicted octanol–water partition coefficient (Wildman–Crippen LogP) is 2.36. The Balaban J connectivity index is 2.20. The second-order valence-corrected chi connectivity index (χ2v) is 4.12. The fraction of sp³-hybridized carbons (Fsp3) is 0.182. The highest BCUT2D eigenvalue weighted by Gasteiger charge is 2.18. The van der Waals surface area contributed by atoms with Crippen molar-refractivity contribution >= 4 is 23.0 Å². The van der Waals surface area contributed by atoms with Gasteiger partial charge in [-0.15, -0.1) is 0 Å². The largest absolute Gasteiger partial charge is 0.376 e. The first kappa shape index (κ1) is 9.54. The lowest BCUT2D eigenvalue weighted by Gasteiger charge is -2.22. The Morgan fingerprint density at radius 1 is 1.38 bits per heavy atom. The highest BCUT2D eigenvalue weighted by molar-refractivity contribution is 6.29. The van der Waals surface area contributed by atoms with Gasteiger partial charge in [-0.2, -0.15) is 0 Å². The lowest BCUT2D eigenvalue weighted by atomic mass is 10.3. The molecule has 82 valence electrons. The van der Waals surface area contributed by atoms with E-state index >= 15 is 0 Å². The summed E-state index contributed by atoms with van der Waals surface area (Å²) in [4.78, 5) is 4.11. The summed E-state index contributed by atoms with van der Waals surface area (Å²) in [5.41, 5.74) is 3.21. The van der Waals surface area contributed by atoms with Gasteiger partial charge in [-0.25, -0.2) is 4.68 Å². The molecule has 0 bridgehead atoms. The van der Waals surface area contributed by atoms with Crippen LogP contribution in [-0.4, -0.2) is 16.7 Å². The van der Waals surface area contributed by atoms with Crippen LogP contribution in [0.4, 0.5) is 11.4 Å². The number of nitrogens with one attached hydrogen (secondary N) is 1. The molecule has 3 heterocycles. The Labute approximate surface area is 98.4 Å². The predicted molar refractivity (Wildman–Crippen MR) is 64.8 cm³/mol.